The zero-order valence-electron chi connectivity index (χ0n) is 13.1. The predicted octanol–water partition coefficient (Wildman–Crippen LogP) is 3.86. The molecule has 0 saturated heterocycles. The molecule has 21 heavy (non-hydrogen) atoms. The van der Waals surface area contributed by atoms with E-state index in [0.29, 0.717) is 22.6 Å². The molecule has 0 spiro atoms. The van der Waals surface area contributed by atoms with Gasteiger partial charge in [0, 0.05) is 5.56 Å². The number of hydrogen-bond acceptors (Lipinski definition) is 3. The fraction of sp³-hybridized carbons (Fsp3) is 0.278. The van der Waals surface area contributed by atoms with Crippen LogP contribution in [0, 0.1) is 20.8 Å². The van der Waals surface area contributed by atoms with Gasteiger partial charge in [0.1, 0.15) is 11.5 Å². The van der Waals surface area contributed by atoms with Gasteiger partial charge in [-0.1, -0.05) is 18.2 Å². The lowest BCUT2D eigenvalue weighted by molar-refractivity contribution is 0.103. The zero-order chi connectivity index (χ0) is 15.6. The first-order chi connectivity index (χ1) is 9.97. The zero-order valence-corrected chi connectivity index (χ0v) is 13.1. The second-order valence-corrected chi connectivity index (χ2v) is 5.17. The fourth-order valence-corrected chi connectivity index (χ4v) is 2.49. The maximum absolute atomic E-state index is 12.8. The summed E-state index contributed by atoms with van der Waals surface area (Å²) in [5, 5.41) is 0. The summed E-state index contributed by atoms with van der Waals surface area (Å²) < 4.78 is 10.7. The van der Waals surface area contributed by atoms with Gasteiger partial charge in [0.15, 0.2) is 5.78 Å². The minimum absolute atomic E-state index is 0.0531. The molecule has 0 atom stereocenters. The first-order valence-electron chi connectivity index (χ1n) is 6.82. The molecular weight excluding hydrogens is 264 g/mol. The van der Waals surface area contributed by atoms with E-state index in [0.717, 1.165) is 16.7 Å². The smallest absolute Gasteiger partial charge is 0.197 e. The second-order valence-electron chi connectivity index (χ2n) is 5.17. The van der Waals surface area contributed by atoms with Crippen molar-refractivity contribution >= 4 is 5.78 Å². The molecule has 0 amide bonds. The summed E-state index contributed by atoms with van der Waals surface area (Å²) >= 11 is 0. The van der Waals surface area contributed by atoms with Crippen molar-refractivity contribution < 1.29 is 14.3 Å². The lowest BCUT2D eigenvalue weighted by Crippen LogP contribution is -2.07. The van der Waals surface area contributed by atoms with Crippen LogP contribution >= 0.6 is 0 Å². The number of hydrogen-bond donors (Lipinski definition) is 0. The highest BCUT2D eigenvalue weighted by Crippen LogP contribution is 2.28. The van der Waals surface area contributed by atoms with Gasteiger partial charge >= 0.3 is 0 Å². The molecule has 0 aliphatic heterocycles. The van der Waals surface area contributed by atoms with Gasteiger partial charge in [-0.05, 0) is 49.6 Å². The van der Waals surface area contributed by atoms with Gasteiger partial charge in [0.2, 0.25) is 0 Å². The average molecular weight is 284 g/mol. The molecule has 110 valence electrons. The molecule has 0 N–H and O–H groups in total. The number of carbonyl (C=O) groups excluding carboxylic acids is 1. The van der Waals surface area contributed by atoms with Gasteiger partial charge in [-0.25, -0.2) is 0 Å². The Bertz CT molecular complexity index is 687. The molecule has 2 rings (SSSR count). The Morgan fingerprint density at radius 2 is 1.52 bits per heavy atom. The Morgan fingerprint density at radius 3 is 2.14 bits per heavy atom. The highest BCUT2D eigenvalue weighted by Gasteiger charge is 2.18. The molecule has 0 unspecified atom stereocenters. The molecule has 2 aromatic rings. The van der Waals surface area contributed by atoms with Crippen LogP contribution < -0.4 is 9.47 Å². The van der Waals surface area contributed by atoms with Crippen molar-refractivity contribution in [2.45, 2.75) is 20.8 Å². The maximum Gasteiger partial charge on any atom is 0.197 e. The largest absolute Gasteiger partial charge is 0.496 e. The Hall–Kier alpha value is -2.29. The summed E-state index contributed by atoms with van der Waals surface area (Å²) in [7, 11) is 3.19. The van der Waals surface area contributed by atoms with Gasteiger partial charge in [-0.3, -0.25) is 4.79 Å². The molecule has 0 aliphatic rings. The Morgan fingerprint density at radius 1 is 0.857 bits per heavy atom. The van der Waals surface area contributed by atoms with Crippen molar-refractivity contribution in [2.24, 2.45) is 0 Å². The molecule has 0 radical (unpaired) electrons. The molecule has 0 saturated carbocycles. The van der Waals surface area contributed by atoms with Crippen LogP contribution in [0.5, 0.6) is 11.5 Å². The molecular formula is C18H20O3. The lowest BCUT2D eigenvalue weighted by atomic mass is 9.95. The molecule has 3 heteroatoms. The van der Waals surface area contributed by atoms with E-state index in [2.05, 4.69) is 0 Å². The van der Waals surface area contributed by atoms with Crippen molar-refractivity contribution in [3.05, 3.63) is 58.1 Å². The van der Waals surface area contributed by atoms with E-state index < -0.39 is 0 Å². The van der Waals surface area contributed by atoms with E-state index in [4.69, 9.17) is 9.47 Å². The van der Waals surface area contributed by atoms with Crippen molar-refractivity contribution in [3.8, 4) is 11.5 Å². The monoisotopic (exact) mass is 284 g/mol. The minimum atomic E-state index is -0.0531. The van der Waals surface area contributed by atoms with Crippen LogP contribution in [0.25, 0.3) is 0 Å². The molecule has 0 aromatic heterocycles. The van der Waals surface area contributed by atoms with Crippen LogP contribution in [0.1, 0.15) is 32.6 Å². The van der Waals surface area contributed by atoms with Crippen LogP contribution in [0.3, 0.4) is 0 Å². The molecule has 0 bridgehead atoms. The van der Waals surface area contributed by atoms with E-state index in [1.54, 1.807) is 20.3 Å². The SMILES string of the molecule is COc1cc(C(=O)c2c(C)cc(C)cc2OC)ccc1C. The summed E-state index contributed by atoms with van der Waals surface area (Å²) in [6, 6.07) is 9.35. The standard InChI is InChI=1S/C18H20O3/c1-11-8-13(3)17(16(9-11)21-5)18(19)14-7-6-12(2)15(10-14)20-4/h6-10H,1-5H3. The predicted molar refractivity (Wildman–Crippen MR) is 83.6 cm³/mol. The van der Waals surface area contributed by atoms with Crippen LogP contribution in [-0.4, -0.2) is 20.0 Å². The average Bonchev–Trinajstić information content (AvgIpc) is 2.46. The second kappa shape index (κ2) is 6.00. The highest BCUT2D eigenvalue weighted by atomic mass is 16.5. The van der Waals surface area contributed by atoms with Gasteiger partial charge in [-0.15, -0.1) is 0 Å². The van der Waals surface area contributed by atoms with Crippen molar-refractivity contribution in [3.63, 3.8) is 0 Å². The third-order valence-corrected chi connectivity index (χ3v) is 3.56. The third kappa shape index (κ3) is 2.92. The van der Waals surface area contributed by atoms with E-state index in [1.807, 2.05) is 45.0 Å². The number of carbonyl (C=O) groups is 1. The first kappa shape index (κ1) is 15.1. The summed E-state index contributed by atoms with van der Waals surface area (Å²) in [5.41, 5.74) is 4.19. The van der Waals surface area contributed by atoms with Crippen LogP contribution in [-0.2, 0) is 0 Å². The maximum atomic E-state index is 12.8. The van der Waals surface area contributed by atoms with E-state index in [-0.39, 0.29) is 5.78 Å². The quantitative estimate of drug-likeness (QED) is 0.800. The van der Waals surface area contributed by atoms with Gasteiger partial charge < -0.3 is 9.47 Å². The lowest BCUT2D eigenvalue weighted by Gasteiger charge is -2.13. The number of benzene rings is 2. The minimum Gasteiger partial charge on any atom is -0.496 e. The number of rotatable bonds is 4. The molecule has 0 aliphatic carbocycles. The molecule has 3 nitrogen and oxygen atoms in total. The number of methoxy groups -OCH3 is 2. The number of aryl methyl sites for hydroxylation is 3. The summed E-state index contributed by atoms with van der Waals surface area (Å²) in [4.78, 5) is 12.8. The summed E-state index contributed by atoms with van der Waals surface area (Å²) in [6.45, 7) is 5.86. The van der Waals surface area contributed by atoms with Crippen LogP contribution in [0.4, 0.5) is 0 Å². The summed E-state index contributed by atoms with van der Waals surface area (Å²) in [5.74, 6) is 1.27. The van der Waals surface area contributed by atoms with Gasteiger partial charge in [0.25, 0.3) is 0 Å². The van der Waals surface area contributed by atoms with Gasteiger partial charge in [-0.2, -0.15) is 0 Å². The first-order valence-corrected chi connectivity index (χ1v) is 6.82. The third-order valence-electron chi connectivity index (χ3n) is 3.56. The van der Waals surface area contributed by atoms with Crippen molar-refractivity contribution in [1.82, 2.24) is 0 Å². The van der Waals surface area contributed by atoms with E-state index >= 15 is 0 Å². The normalized spacial score (nSPS) is 10.3. The molecule has 2 aromatic carbocycles. The Labute approximate surface area is 125 Å². The Kier molecular flexibility index (Phi) is 4.32. The van der Waals surface area contributed by atoms with E-state index in [9.17, 15) is 4.79 Å². The summed E-state index contributed by atoms with van der Waals surface area (Å²) in [6.07, 6.45) is 0. The number of ketones is 1. The number of ether oxygens (including phenoxy) is 2. The topological polar surface area (TPSA) is 35.5 Å². The van der Waals surface area contributed by atoms with Gasteiger partial charge in [0.05, 0.1) is 19.8 Å². The van der Waals surface area contributed by atoms with Crippen LogP contribution in [0.15, 0.2) is 30.3 Å². The fourth-order valence-electron chi connectivity index (χ4n) is 2.49. The van der Waals surface area contributed by atoms with Crippen LogP contribution in [0.2, 0.25) is 0 Å². The molecule has 0 fully saturated rings. The highest BCUT2D eigenvalue weighted by molar-refractivity contribution is 6.12. The molecule has 0 heterocycles. The van der Waals surface area contributed by atoms with E-state index in [1.165, 1.54) is 0 Å². The van der Waals surface area contributed by atoms with Crippen molar-refractivity contribution in [1.29, 1.82) is 0 Å². The Balaban J connectivity index is 2.55. The van der Waals surface area contributed by atoms with Crippen molar-refractivity contribution in [2.75, 3.05) is 14.2 Å².